The summed E-state index contributed by atoms with van der Waals surface area (Å²) < 4.78 is 19.9. The zero-order chi connectivity index (χ0) is 71.1. The predicted molar refractivity (Wildman–Crippen MR) is 327 cm³/mol. The first-order valence-electron chi connectivity index (χ1n) is 22.6. The summed E-state index contributed by atoms with van der Waals surface area (Å²) in [6.45, 7) is 9.30. The van der Waals surface area contributed by atoms with Gasteiger partial charge in [-0.2, -0.15) is 26.3 Å². The molecule has 0 heterocycles. The Labute approximate surface area is 639 Å². The van der Waals surface area contributed by atoms with Crippen molar-refractivity contribution in [3.05, 3.63) is 187 Å². The third-order valence-electron chi connectivity index (χ3n) is 6.99. The first-order chi connectivity index (χ1) is 41.8. The van der Waals surface area contributed by atoms with Crippen LogP contribution in [0.1, 0.15) is 69.7 Å². The number of aliphatic imine (C=N–C) groups is 4. The normalized spacial score (nSPS) is 7.71. The summed E-state index contributed by atoms with van der Waals surface area (Å²) in [6, 6.07) is 29.0. The molecule has 0 saturated heterocycles. The predicted octanol–water partition coefficient (Wildman–Crippen LogP) is 1.08. The molecule has 538 valence electrons. The number of para-hydroxylation sites is 4. The van der Waals surface area contributed by atoms with Crippen LogP contribution in [0, 0.1) is 232 Å². The summed E-state index contributed by atoms with van der Waals surface area (Å²) in [7, 11) is 5.85. The number of nitrogens with zero attached hydrogens (tertiary/aromatic N) is 15. The van der Waals surface area contributed by atoms with Crippen LogP contribution in [0.5, 0.6) is 46.0 Å². The van der Waals surface area contributed by atoms with Crippen molar-refractivity contribution in [2.45, 2.75) is 47.5 Å². The van der Waals surface area contributed by atoms with Gasteiger partial charge in [-0.3, -0.25) is 20.0 Å². The van der Waals surface area contributed by atoms with Crippen LogP contribution in [0.4, 0.5) is 0 Å². The van der Waals surface area contributed by atoms with Crippen LogP contribution in [-0.4, -0.2) is 110 Å². The van der Waals surface area contributed by atoms with Crippen LogP contribution in [0.15, 0.2) is 92.8 Å². The van der Waals surface area contributed by atoms with Crippen molar-refractivity contribution < 1.29 is 208 Å². The van der Waals surface area contributed by atoms with Crippen molar-refractivity contribution in [2.75, 3.05) is 54.6 Å². The number of ether oxygens (including phenoxy) is 4. The minimum absolute atomic E-state index is 0. The summed E-state index contributed by atoms with van der Waals surface area (Å²) >= 11 is 0. The van der Waals surface area contributed by atoms with Gasteiger partial charge in [-0.05, 0) is 59.4 Å². The Morgan fingerprint density at radius 2 is 0.454 bits per heavy atom. The fraction of sp³-hybridized carbons (Fsp3) is 0.312. The molecule has 0 aromatic heterocycles. The van der Waals surface area contributed by atoms with E-state index in [-0.39, 0.29) is 161 Å². The van der Waals surface area contributed by atoms with Crippen molar-refractivity contribution >= 4 is 24.9 Å². The number of hydrogen-bond acceptors (Lipinski definition) is 35. The minimum atomic E-state index is -1.75. The molecule has 0 spiro atoms. The van der Waals surface area contributed by atoms with Crippen LogP contribution in [-0.2, 0) is 54.9 Å². The number of benzene rings is 4. The molecular formula is C48H67Ce2N15Ni2O30+4. The molecular weight excluding hydrogens is 1660 g/mol. The topological polar surface area (TPSA) is 827 Å². The first-order valence-corrected chi connectivity index (χ1v) is 22.6. The van der Waals surface area contributed by atoms with E-state index in [0.29, 0.717) is 84.3 Å². The summed E-state index contributed by atoms with van der Waals surface area (Å²) in [5, 5.41) is 173. The molecule has 4 rings (SSSR count). The SMILES string of the molecule is CC#N.CC#N.CC#N.CC#N.CC#N.COc1cccc(C=NCCCN=Cc2cccc(OC)c2[O-])c1[O-].COc1cccc(C=NCCCN=Cc2cccc(OC)c2[O-])c1[O-].O=[N+]([O-])[O-].O=[N+]([O-])[O-].O=[N+]([O-])[O-].O=[N+]([O-])[O-].O=[N+]([O-])[O-].O=[N+]([O-])[O-].[Ce+3].[Ce+3].[Ni+2].[Ni+2].[OH3+].[OH3+].[OH3+].[OH3+]. The molecule has 0 saturated carbocycles. The molecule has 49 heteroatoms. The van der Waals surface area contributed by atoms with Gasteiger partial charge >= 0.3 is 116 Å². The van der Waals surface area contributed by atoms with Gasteiger partial charge in [-0.25, -0.2) is 0 Å². The van der Waals surface area contributed by atoms with Gasteiger partial charge in [0.1, 0.15) is 23.0 Å². The van der Waals surface area contributed by atoms with Gasteiger partial charge < -0.3 is 153 Å². The maximum absolute atomic E-state index is 11.9. The summed E-state index contributed by atoms with van der Waals surface area (Å²) in [5.74, 6) is 0.530. The minimum Gasteiger partial charge on any atom is -0.870 e. The molecule has 45 nitrogen and oxygen atoms in total. The molecule has 0 aliphatic heterocycles. The Bertz CT molecular complexity index is 2530. The summed E-state index contributed by atoms with van der Waals surface area (Å²) in [5.41, 5.74) is 1.98. The summed E-state index contributed by atoms with van der Waals surface area (Å²) in [6.07, 6.45) is 7.62. The Morgan fingerprint density at radius 1 is 0.340 bits per heavy atom. The maximum atomic E-state index is 11.9. The smallest absolute Gasteiger partial charge is 0.870 e. The van der Waals surface area contributed by atoms with Gasteiger partial charge in [0.2, 0.25) is 0 Å². The Balaban J connectivity index is -0.0000000545. The number of hydrogen-bond donors (Lipinski definition) is 0. The van der Waals surface area contributed by atoms with Crippen LogP contribution < -0.4 is 39.4 Å². The van der Waals surface area contributed by atoms with Crippen molar-refractivity contribution in [1.82, 2.24) is 0 Å². The average Bonchev–Trinajstić information content (AvgIpc) is 1.25. The number of rotatable bonds is 16. The number of nitriles is 5. The zero-order valence-corrected chi connectivity index (χ0v) is 60.5. The molecule has 0 aliphatic rings. The van der Waals surface area contributed by atoms with E-state index in [1.54, 1.807) is 128 Å². The van der Waals surface area contributed by atoms with Gasteiger partial charge in [0, 0.05) is 85.7 Å². The second kappa shape index (κ2) is 99.7. The van der Waals surface area contributed by atoms with E-state index in [1.807, 2.05) is 0 Å². The molecule has 97 heavy (non-hydrogen) atoms. The third kappa shape index (κ3) is 111. The van der Waals surface area contributed by atoms with E-state index in [2.05, 4.69) is 20.0 Å². The molecule has 0 atom stereocenters. The Morgan fingerprint density at radius 3 is 0.557 bits per heavy atom. The second-order valence-corrected chi connectivity index (χ2v) is 12.8. The van der Waals surface area contributed by atoms with E-state index in [1.165, 1.54) is 63.1 Å². The zero-order valence-electron chi connectivity index (χ0n) is 52.2. The molecule has 4 aromatic rings. The van der Waals surface area contributed by atoms with Crippen LogP contribution in [0.25, 0.3) is 0 Å². The quantitative estimate of drug-likeness (QED) is 0.0378. The van der Waals surface area contributed by atoms with Crippen LogP contribution in [0.2, 0.25) is 0 Å². The molecule has 0 amide bonds. The molecule has 0 aliphatic carbocycles. The fourth-order valence-corrected chi connectivity index (χ4v) is 4.34. The van der Waals surface area contributed by atoms with Crippen molar-refractivity contribution in [2.24, 2.45) is 20.0 Å². The second-order valence-electron chi connectivity index (χ2n) is 12.8. The van der Waals surface area contributed by atoms with Crippen molar-refractivity contribution in [1.29, 1.82) is 26.3 Å². The van der Waals surface area contributed by atoms with E-state index in [9.17, 15) is 20.4 Å². The molecule has 4 aromatic carbocycles. The van der Waals surface area contributed by atoms with Gasteiger partial charge in [-0.1, -0.05) is 71.5 Å². The Hall–Kier alpha value is -9.81. The number of methoxy groups -OCH3 is 4. The van der Waals surface area contributed by atoms with E-state index >= 15 is 0 Å². The first kappa shape index (κ1) is 131. The molecule has 2 radical (unpaired) electrons. The molecule has 0 fully saturated rings. The molecule has 12 N–H and O–H groups in total. The third-order valence-corrected chi connectivity index (χ3v) is 6.99. The van der Waals surface area contributed by atoms with Crippen molar-refractivity contribution in [3.8, 4) is 76.3 Å². The molecule has 0 unspecified atom stereocenters. The van der Waals surface area contributed by atoms with E-state index in [4.69, 9.17) is 137 Å². The van der Waals surface area contributed by atoms with E-state index < -0.39 is 30.5 Å². The van der Waals surface area contributed by atoms with Crippen molar-refractivity contribution in [3.63, 3.8) is 0 Å². The average molecular weight is 1730 g/mol. The van der Waals surface area contributed by atoms with Gasteiger partial charge in [-0.15, -0.1) is 0 Å². The van der Waals surface area contributed by atoms with Gasteiger partial charge in [0.25, 0.3) is 0 Å². The van der Waals surface area contributed by atoms with Crippen LogP contribution >= 0.6 is 0 Å². The fourth-order valence-electron chi connectivity index (χ4n) is 4.34. The Kier molecular flexibility index (Phi) is 135. The maximum Gasteiger partial charge on any atom is 3.00 e. The van der Waals surface area contributed by atoms with Gasteiger partial charge in [0.05, 0.1) is 89.3 Å². The van der Waals surface area contributed by atoms with E-state index in [0.717, 1.165) is 0 Å². The summed E-state index contributed by atoms with van der Waals surface area (Å²) in [4.78, 5) is 66.4. The van der Waals surface area contributed by atoms with Gasteiger partial charge in [0.15, 0.2) is 0 Å². The molecule has 0 bridgehead atoms. The largest absolute Gasteiger partial charge is 3.00 e. The standard InChI is InChI=1S/2C19H22N2O4.5C2H3N.2Ce.6NO3.2Ni.4H2O/c2*1-24-16-8-3-6-14(18(16)22)12-20-10-5-11-21-13-15-7-4-9-17(25-2)19(15)23;5*1-2-3;;;6*2-1(3)4;;;;;;/h2*3-4,6-9,12-13,22-23H,5,10-11H2,1-2H3;5*1H3;;;;;;;;;;;4*1H2/q;;;;;;;2*+3;6*-1;2*+2;;;;. The van der Waals surface area contributed by atoms with Crippen LogP contribution in [0.3, 0.4) is 0 Å². The monoisotopic (exact) mass is 1730 g/mol.